The first-order valence-electron chi connectivity index (χ1n) is 8.11. The van der Waals surface area contributed by atoms with Crippen LogP contribution in [-0.4, -0.2) is 27.9 Å². The van der Waals surface area contributed by atoms with Crippen LogP contribution in [0, 0.1) is 0 Å². The molecule has 0 radical (unpaired) electrons. The maximum Gasteiger partial charge on any atom is 0.174 e. The number of fused-ring (bicyclic) bond motifs is 1. The van der Waals surface area contributed by atoms with E-state index in [1.165, 1.54) is 11.1 Å². The molecule has 2 heterocycles. The predicted molar refractivity (Wildman–Crippen MR) is 90.8 cm³/mol. The van der Waals surface area contributed by atoms with Crippen molar-refractivity contribution in [3.8, 4) is 28.7 Å². The molecule has 0 aliphatic carbocycles. The Balaban J connectivity index is 1.91. The second-order valence-corrected chi connectivity index (χ2v) is 6.05. The van der Waals surface area contributed by atoms with E-state index in [0.29, 0.717) is 11.5 Å². The van der Waals surface area contributed by atoms with Gasteiger partial charge in [0.05, 0.1) is 21.3 Å². The molecule has 2 aliphatic rings. The molecule has 5 nitrogen and oxygen atoms in total. The monoisotopic (exact) mass is 327 g/mol. The van der Waals surface area contributed by atoms with Crippen molar-refractivity contribution < 1.29 is 18.9 Å². The van der Waals surface area contributed by atoms with Crippen LogP contribution in [0.15, 0.2) is 24.3 Å². The number of methoxy groups -OCH3 is 3. The topological polar surface area (TPSA) is 49.0 Å². The molecular formula is C19H21NO4. The minimum absolute atomic E-state index is 0.207. The van der Waals surface area contributed by atoms with Gasteiger partial charge >= 0.3 is 0 Å². The van der Waals surface area contributed by atoms with Crippen molar-refractivity contribution in [3.05, 3.63) is 41.0 Å². The number of rotatable bonds is 3. The number of benzene rings is 2. The van der Waals surface area contributed by atoms with Gasteiger partial charge in [0, 0.05) is 23.2 Å². The van der Waals surface area contributed by atoms with Crippen molar-refractivity contribution in [3.63, 3.8) is 0 Å². The summed E-state index contributed by atoms with van der Waals surface area (Å²) in [6, 6.07) is 8.24. The van der Waals surface area contributed by atoms with Gasteiger partial charge in [-0.2, -0.15) is 0 Å². The summed E-state index contributed by atoms with van der Waals surface area (Å²) in [6.45, 7) is 0.964. The van der Waals surface area contributed by atoms with Crippen molar-refractivity contribution in [2.75, 3.05) is 27.9 Å². The van der Waals surface area contributed by atoms with E-state index in [0.717, 1.165) is 42.2 Å². The third-order valence-corrected chi connectivity index (χ3v) is 4.81. The van der Waals surface area contributed by atoms with Gasteiger partial charge in [0.25, 0.3) is 0 Å². The summed E-state index contributed by atoms with van der Waals surface area (Å²) in [5, 5.41) is 3.61. The van der Waals surface area contributed by atoms with E-state index in [2.05, 4.69) is 11.4 Å². The molecule has 126 valence electrons. The summed E-state index contributed by atoms with van der Waals surface area (Å²) in [6.07, 6.45) is 1.83. The van der Waals surface area contributed by atoms with Gasteiger partial charge in [-0.3, -0.25) is 0 Å². The molecule has 0 bridgehead atoms. The molecule has 0 unspecified atom stereocenters. The van der Waals surface area contributed by atoms with Crippen molar-refractivity contribution in [1.82, 2.24) is 5.32 Å². The van der Waals surface area contributed by atoms with Crippen LogP contribution < -0.4 is 24.3 Å². The predicted octanol–water partition coefficient (Wildman–Crippen LogP) is 3.25. The Morgan fingerprint density at radius 1 is 0.958 bits per heavy atom. The lowest BCUT2D eigenvalue weighted by Crippen LogP contribution is -2.31. The lowest BCUT2D eigenvalue weighted by Gasteiger charge is -2.27. The summed E-state index contributed by atoms with van der Waals surface area (Å²) in [5.74, 6) is 3.72. The molecule has 2 aromatic rings. The second-order valence-electron chi connectivity index (χ2n) is 6.05. The third kappa shape index (κ3) is 2.27. The number of hydrogen-bond donors (Lipinski definition) is 1. The first kappa shape index (κ1) is 15.1. The smallest absolute Gasteiger partial charge is 0.174 e. The van der Waals surface area contributed by atoms with Crippen LogP contribution in [-0.2, 0) is 12.8 Å². The van der Waals surface area contributed by atoms with Gasteiger partial charge < -0.3 is 24.3 Å². The highest BCUT2D eigenvalue weighted by Crippen LogP contribution is 2.48. The Bertz CT molecular complexity index is 787. The van der Waals surface area contributed by atoms with Crippen molar-refractivity contribution in [2.45, 2.75) is 18.9 Å². The van der Waals surface area contributed by atoms with Crippen molar-refractivity contribution in [2.24, 2.45) is 0 Å². The maximum atomic E-state index is 6.31. The molecule has 0 fully saturated rings. The molecule has 0 aromatic heterocycles. The van der Waals surface area contributed by atoms with Crippen LogP contribution in [0.5, 0.6) is 28.7 Å². The van der Waals surface area contributed by atoms with Gasteiger partial charge in [-0.1, -0.05) is 6.07 Å². The lowest BCUT2D eigenvalue weighted by atomic mass is 9.90. The third-order valence-electron chi connectivity index (χ3n) is 4.81. The molecule has 5 heteroatoms. The molecule has 2 aliphatic heterocycles. The molecule has 1 N–H and O–H groups in total. The average Bonchev–Trinajstić information content (AvgIpc) is 2.78. The van der Waals surface area contributed by atoms with Crippen LogP contribution in [0.1, 0.15) is 22.7 Å². The molecule has 24 heavy (non-hydrogen) atoms. The van der Waals surface area contributed by atoms with Crippen LogP contribution in [0.25, 0.3) is 0 Å². The Kier molecular flexibility index (Phi) is 3.73. The van der Waals surface area contributed by atoms with E-state index in [1.54, 1.807) is 21.3 Å². The first-order chi connectivity index (χ1) is 11.7. The van der Waals surface area contributed by atoms with E-state index < -0.39 is 0 Å². The Morgan fingerprint density at radius 3 is 2.46 bits per heavy atom. The summed E-state index contributed by atoms with van der Waals surface area (Å²) < 4.78 is 22.7. The van der Waals surface area contributed by atoms with Gasteiger partial charge in [-0.15, -0.1) is 0 Å². The SMILES string of the molecule is COc1cc2c(cc1OC)Oc1c(OC)ccc3c1[C@H](C2)NCC3. The Labute approximate surface area is 141 Å². The Morgan fingerprint density at radius 2 is 1.71 bits per heavy atom. The van der Waals surface area contributed by atoms with Gasteiger partial charge in [0.2, 0.25) is 0 Å². The molecule has 0 saturated heterocycles. The van der Waals surface area contributed by atoms with Gasteiger partial charge in [0.1, 0.15) is 5.75 Å². The van der Waals surface area contributed by atoms with E-state index in [4.69, 9.17) is 18.9 Å². The molecule has 4 rings (SSSR count). The number of ether oxygens (including phenoxy) is 4. The van der Waals surface area contributed by atoms with Gasteiger partial charge in [-0.25, -0.2) is 0 Å². The average molecular weight is 327 g/mol. The number of nitrogens with one attached hydrogen (secondary N) is 1. The van der Waals surface area contributed by atoms with Gasteiger partial charge in [-0.05, 0) is 37.1 Å². The minimum Gasteiger partial charge on any atom is -0.493 e. The number of hydrogen-bond acceptors (Lipinski definition) is 5. The highest BCUT2D eigenvalue weighted by Gasteiger charge is 2.31. The van der Waals surface area contributed by atoms with Crippen LogP contribution >= 0.6 is 0 Å². The van der Waals surface area contributed by atoms with Crippen LogP contribution in [0.3, 0.4) is 0 Å². The quantitative estimate of drug-likeness (QED) is 0.938. The zero-order chi connectivity index (χ0) is 16.7. The van der Waals surface area contributed by atoms with E-state index >= 15 is 0 Å². The maximum absolute atomic E-state index is 6.31. The fourth-order valence-electron chi connectivity index (χ4n) is 3.63. The summed E-state index contributed by atoms with van der Waals surface area (Å²) >= 11 is 0. The van der Waals surface area contributed by atoms with Crippen LogP contribution in [0.4, 0.5) is 0 Å². The standard InChI is InChI=1S/C19H21NO4/c1-21-14-5-4-11-6-7-20-13-8-12-9-16(22-2)17(23-3)10-15(12)24-19(14)18(11)13/h4-5,9-10,13,20H,6-8H2,1-3H3/t13-/m0/s1. The summed E-state index contributed by atoms with van der Waals surface area (Å²) in [5.41, 5.74) is 3.62. The zero-order valence-corrected chi connectivity index (χ0v) is 14.1. The van der Waals surface area contributed by atoms with Crippen molar-refractivity contribution in [1.29, 1.82) is 0 Å². The molecule has 2 aromatic carbocycles. The van der Waals surface area contributed by atoms with Crippen LogP contribution in [0.2, 0.25) is 0 Å². The molecule has 1 atom stereocenters. The summed E-state index contributed by atoms with van der Waals surface area (Å²) in [4.78, 5) is 0. The second kappa shape index (κ2) is 5.91. The highest BCUT2D eigenvalue weighted by molar-refractivity contribution is 5.60. The van der Waals surface area contributed by atoms with Crippen molar-refractivity contribution >= 4 is 0 Å². The Hall–Kier alpha value is -2.40. The molecule has 0 spiro atoms. The zero-order valence-electron chi connectivity index (χ0n) is 14.1. The largest absolute Gasteiger partial charge is 0.493 e. The van der Waals surface area contributed by atoms with E-state index in [-0.39, 0.29) is 6.04 Å². The summed E-state index contributed by atoms with van der Waals surface area (Å²) in [7, 11) is 4.95. The normalized spacial score (nSPS) is 17.9. The van der Waals surface area contributed by atoms with Gasteiger partial charge in [0.15, 0.2) is 23.0 Å². The fraction of sp³-hybridized carbons (Fsp3) is 0.368. The first-order valence-corrected chi connectivity index (χ1v) is 8.11. The lowest BCUT2D eigenvalue weighted by molar-refractivity contribution is 0.349. The molecule has 0 saturated carbocycles. The fourth-order valence-corrected chi connectivity index (χ4v) is 3.63. The van der Waals surface area contributed by atoms with E-state index in [1.807, 2.05) is 18.2 Å². The molecular weight excluding hydrogens is 306 g/mol. The highest BCUT2D eigenvalue weighted by atomic mass is 16.5. The minimum atomic E-state index is 0.207. The molecule has 0 amide bonds. The van der Waals surface area contributed by atoms with E-state index in [9.17, 15) is 0 Å².